The van der Waals surface area contributed by atoms with Gasteiger partial charge in [0, 0.05) is 30.7 Å². The fraction of sp³-hybridized carbons (Fsp3) is 0.158. The SMILES string of the molecule is Cn1c2nc(Cc3ccn[nH]3)sc2c2cnn(Cc3cccc(C(N)=O)n3)c(=O)c21. The highest BCUT2D eigenvalue weighted by molar-refractivity contribution is 7.19. The monoisotopic (exact) mass is 420 g/mol. The Hall–Kier alpha value is -3.86. The standard InChI is InChI=1S/C19H16N8O2S/c1-26-15-12(16-18(26)24-14(30-16)7-10-5-6-21-25-10)8-22-27(19(15)29)9-11-3-2-4-13(23-11)17(20)28/h2-6,8H,7,9H2,1H3,(H2,20,28)(H,21,25). The second kappa shape index (κ2) is 6.88. The van der Waals surface area contributed by atoms with Gasteiger partial charge in [-0.25, -0.2) is 14.6 Å². The molecule has 1 amide bonds. The molecular formula is C19H16N8O2S. The summed E-state index contributed by atoms with van der Waals surface area (Å²) >= 11 is 1.54. The molecule has 10 nitrogen and oxygen atoms in total. The van der Waals surface area contributed by atoms with Gasteiger partial charge >= 0.3 is 0 Å². The number of carbonyl (C=O) groups is 1. The minimum atomic E-state index is -0.618. The summed E-state index contributed by atoms with van der Waals surface area (Å²) in [6.07, 6.45) is 4.03. The molecule has 0 radical (unpaired) electrons. The Balaban J connectivity index is 1.55. The third kappa shape index (κ3) is 2.95. The van der Waals surface area contributed by atoms with Crippen molar-refractivity contribution >= 4 is 38.5 Å². The van der Waals surface area contributed by atoms with Crippen LogP contribution in [-0.4, -0.2) is 40.4 Å². The highest BCUT2D eigenvalue weighted by Gasteiger charge is 2.19. The zero-order chi connectivity index (χ0) is 20.8. The van der Waals surface area contributed by atoms with Crippen LogP contribution in [-0.2, 0) is 20.0 Å². The second-order valence-electron chi connectivity index (χ2n) is 6.83. The lowest BCUT2D eigenvalue weighted by molar-refractivity contribution is 0.0995. The van der Waals surface area contributed by atoms with Crippen LogP contribution in [0.5, 0.6) is 0 Å². The number of aromatic nitrogens is 7. The minimum Gasteiger partial charge on any atom is -0.364 e. The van der Waals surface area contributed by atoms with Crippen molar-refractivity contribution < 1.29 is 4.79 Å². The number of rotatable bonds is 5. The van der Waals surface area contributed by atoms with E-state index in [1.165, 1.54) is 22.1 Å². The molecule has 0 aliphatic heterocycles. The van der Waals surface area contributed by atoms with Crippen molar-refractivity contribution in [1.82, 2.24) is 34.5 Å². The van der Waals surface area contributed by atoms with Gasteiger partial charge < -0.3 is 10.3 Å². The molecular weight excluding hydrogens is 404 g/mol. The van der Waals surface area contributed by atoms with Gasteiger partial charge in [0.05, 0.1) is 23.1 Å². The molecule has 0 aliphatic rings. The first kappa shape index (κ1) is 18.2. The number of hydrogen-bond acceptors (Lipinski definition) is 7. The lowest BCUT2D eigenvalue weighted by Crippen LogP contribution is -2.25. The quantitative estimate of drug-likeness (QED) is 0.438. The van der Waals surface area contributed by atoms with Crippen LogP contribution < -0.4 is 11.3 Å². The number of thiazole rings is 1. The molecule has 5 aromatic rings. The number of amides is 1. The van der Waals surface area contributed by atoms with E-state index in [1.54, 1.807) is 29.1 Å². The smallest absolute Gasteiger partial charge is 0.291 e. The van der Waals surface area contributed by atoms with E-state index >= 15 is 0 Å². The van der Waals surface area contributed by atoms with Crippen molar-refractivity contribution in [3.63, 3.8) is 0 Å². The normalized spacial score (nSPS) is 11.5. The summed E-state index contributed by atoms with van der Waals surface area (Å²) in [6.45, 7) is 0.132. The lowest BCUT2D eigenvalue weighted by atomic mass is 10.3. The first-order chi connectivity index (χ1) is 14.5. The van der Waals surface area contributed by atoms with E-state index in [2.05, 4.69) is 20.3 Å². The number of nitrogens with one attached hydrogen (secondary N) is 1. The van der Waals surface area contributed by atoms with Gasteiger partial charge in [-0.2, -0.15) is 10.2 Å². The first-order valence-corrected chi connectivity index (χ1v) is 9.91. The fourth-order valence-electron chi connectivity index (χ4n) is 3.43. The zero-order valence-corrected chi connectivity index (χ0v) is 16.7. The highest BCUT2D eigenvalue weighted by Crippen LogP contribution is 2.31. The summed E-state index contributed by atoms with van der Waals surface area (Å²) in [7, 11) is 1.82. The summed E-state index contributed by atoms with van der Waals surface area (Å²) < 4.78 is 4.04. The molecule has 3 N–H and O–H groups in total. The van der Waals surface area contributed by atoms with Gasteiger partial charge in [0.25, 0.3) is 11.5 Å². The maximum atomic E-state index is 13.1. The number of hydrogen-bond donors (Lipinski definition) is 2. The summed E-state index contributed by atoms with van der Waals surface area (Å²) in [5.41, 5.74) is 7.96. The van der Waals surface area contributed by atoms with Crippen molar-refractivity contribution in [2.75, 3.05) is 0 Å². The Morgan fingerprint density at radius 2 is 2.13 bits per heavy atom. The molecule has 0 aliphatic carbocycles. The number of aryl methyl sites for hydroxylation is 1. The Morgan fingerprint density at radius 3 is 2.90 bits per heavy atom. The highest BCUT2D eigenvalue weighted by atomic mass is 32.1. The molecule has 0 aromatic carbocycles. The molecule has 0 spiro atoms. The Kier molecular flexibility index (Phi) is 4.17. The Bertz CT molecular complexity index is 1460. The number of fused-ring (bicyclic) bond motifs is 3. The largest absolute Gasteiger partial charge is 0.364 e. The first-order valence-electron chi connectivity index (χ1n) is 9.09. The van der Waals surface area contributed by atoms with Crippen LogP contribution in [0.3, 0.4) is 0 Å². The van der Waals surface area contributed by atoms with Crippen molar-refractivity contribution in [2.45, 2.75) is 13.0 Å². The predicted octanol–water partition coefficient (Wildman–Crippen LogP) is 1.20. The molecule has 11 heteroatoms. The lowest BCUT2D eigenvalue weighted by Gasteiger charge is -2.06. The van der Waals surface area contributed by atoms with E-state index in [-0.39, 0.29) is 17.8 Å². The molecule has 0 unspecified atom stereocenters. The summed E-state index contributed by atoms with van der Waals surface area (Å²) in [6, 6.07) is 6.84. The van der Waals surface area contributed by atoms with Crippen LogP contribution >= 0.6 is 11.3 Å². The third-order valence-corrected chi connectivity index (χ3v) is 5.92. The van der Waals surface area contributed by atoms with E-state index in [1.807, 2.05) is 13.1 Å². The Labute approximate surface area is 173 Å². The molecule has 0 bridgehead atoms. The molecule has 0 saturated carbocycles. The topological polar surface area (TPSA) is 137 Å². The number of primary amides is 1. The van der Waals surface area contributed by atoms with Crippen LogP contribution in [0.25, 0.3) is 21.3 Å². The molecule has 0 atom stereocenters. The van der Waals surface area contributed by atoms with Crippen molar-refractivity contribution in [3.05, 3.63) is 69.1 Å². The zero-order valence-electron chi connectivity index (χ0n) is 15.9. The van der Waals surface area contributed by atoms with Gasteiger partial charge in [-0.1, -0.05) is 6.07 Å². The van der Waals surface area contributed by atoms with Crippen LogP contribution in [0, 0.1) is 0 Å². The van der Waals surface area contributed by atoms with Gasteiger partial charge in [0.15, 0.2) is 5.65 Å². The van der Waals surface area contributed by atoms with Crippen molar-refractivity contribution in [2.24, 2.45) is 12.8 Å². The van der Waals surface area contributed by atoms with E-state index in [4.69, 9.17) is 10.7 Å². The molecule has 5 heterocycles. The Morgan fingerprint density at radius 1 is 1.27 bits per heavy atom. The van der Waals surface area contributed by atoms with Gasteiger partial charge in [0.2, 0.25) is 0 Å². The van der Waals surface area contributed by atoms with E-state index in [9.17, 15) is 9.59 Å². The van der Waals surface area contributed by atoms with Crippen LogP contribution in [0.1, 0.15) is 26.9 Å². The van der Waals surface area contributed by atoms with E-state index < -0.39 is 5.91 Å². The van der Waals surface area contributed by atoms with Crippen LogP contribution in [0.2, 0.25) is 0 Å². The molecule has 5 aromatic heterocycles. The van der Waals surface area contributed by atoms with Gasteiger partial charge in [-0.15, -0.1) is 11.3 Å². The molecule has 150 valence electrons. The maximum Gasteiger partial charge on any atom is 0.291 e. The fourth-order valence-corrected chi connectivity index (χ4v) is 4.55. The van der Waals surface area contributed by atoms with Crippen LogP contribution in [0.15, 0.2) is 41.5 Å². The number of carbonyl (C=O) groups excluding carboxylic acids is 1. The summed E-state index contributed by atoms with van der Waals surface area (Å²) in [4.78, 5) is 33.4. The number of aromatic amines is 1. The number of H-pyrrole nitrogens is 1. The maximum absolute atomic E-state index is 13.1. The van der Waals surface area contributed by atoms with E-state index in [0.717, 1.165) is 26.4 Å². The van der Waals surface area contributed by atoms with Crippen molar-refractivity contribution in [1.29, 1.82) is 0 Å². The van der Waals surface area contributed by atoms with Crippen molar-refractivity contribution in [3.8, 4) is 0 Å². The van der Waals surface area contributed by atoms with Gasteiger partial charge in [-0.3, -0.25) is 14.7 Å². The average Bonchev–Trinajstić information content (AvgIpc) is 3.44. The number of nitrogens with two attached hydrogens (primary N) is 1. The van der Waals surface area contributed by atoms with E-state index in [0.29, 0.717) is 17.6 Å². The molecule has 0 fully saturated rings. The minimum absolute atomic E-state index is 0.132. The molecule has 30 heavy (non-hydrogen) atoms. The average molecular weight is 420 g/mol. The third-order valence-electron chi connectivity index (χ3n) is 4.84. The number of pyridine rings is 1. The predicted molar refractivity (Wildman–Crippen MR) is 111 cm³/mol. The van der Waals surface area contributed by atoms with Crippen LogP contribution in [0.4, 0.5) is 0 Å². The van der Waals surface area contributed by atoms with Gasteiger partial charge in [-0.05, 0) is 18.2 Å². The summed E-state index contributed by atoms with van der Waals surface area (Å²) in [5.74, 6) is -0.618. The molecule has 5 rings (SSSR count). The molecule has 0 saturated heterocycles. The van der Waals surface area contributed by atoms with Gasteiger partial charge in [0.1, 0.15) is 16.2 Å². The second-order valence-corrected chi connectivity index (χ2v) is 7.91. The number of nitrogens with zero attached hydrogens (tertiary/aromatic N) is 6. The summed E-state index contributed by atoms with van der Waals surface area (Å²) in [5, 5.41) is 12.9.